The Balaban J connectivity index is 1.66. The molecule has 0 saturated heterocycles. The Kier molecular flexibility index (Phi) is 6.57. The van der Waals surface area contributed by atoms with Gasteiger partial charge in [0.1, 0.15) is 0 Å². The summed E-state index contributed by atoms with van der Waals surface area (Å²) < 4.78 is -0.522. The molecule has 0 bridgehead atoms. The number of rotatable bonds is 6. The highest BCUT2D eigenvalue weighted by atomic mass is 79.9. The molecule has 3 rings (SSSR count). The van der Waals surface area contributed by atoms with Crippen molar-refractivity contribution in [3.05, 3.63) is 59.7 Å². The fourth-order valence-electron chi connectivity index (χ4n) is 4.30. The van der Waals surface area contributed by atoms with Crippen LogP contribution in [0.2, 0.25) is 0 Å². The molecule has 0 N–H and O–H groups in total. The van der Waals surface area contributed by atoms with Crippen LogP contribution >= 0.6 is 15.9 Å². The third-order valence-electron chi connectivity index (χ3n) is 5.95. The predicted molar refractivity (Wildman–Crippen MR) is 119 cm³/mol. The highest BCUT2D eigenvalue weighted by Crippen LogP contribution is 2.38. The summed E-state index contributed by atoms with van der Waals surface area (Å²) >= 11 is 3.45. The van der Waals surface area contributed by atoms with Crippen LogP contribution in [0, 0.1) is 5.92 Å². The largest absolute Gasteiger partial charge is 0.293 e. The number of hydrogen-bond acceptors (Lipinski definition) is 1. The van der Waals surface area contributed by atoms with Crippen molar-refractivity contribution in [1.82, 2.24) is 0 Å². The van der Waals surface area contributed by atoms with Gasteiger partial charge in [0, 0.05) is 5.56 Å². The lowest BCUT2D eigenvalue weighted by Crippen LogP contribution is -2.23. The van der Waals surface area contributed by atoms with E-state index in [0.717, 1.165) is 23.0 Å². The fraction of sp³-hybridized carbons (Fsp3) is 0.480. The van der Waals surface area contributed by atoms with Gasteiger partial charge in [0.05, 0.1) is 4.32 Å². The fourth-order valence-corrected chi connectivity index (χ4v) is 4.53. The second kappa shape index (κ2) is 8.73. The standard InChI is InChI=1S/C25H31BrO/c1-4-5-18-6-8-19(9-7-18)20-10-12-21(13-11-20)22-14-16-23(17-15-22)24(27)25(2,3)26/h10-19H,4-9H2,1-3H3. The minimum absolute atomic E-state index is 0.114. The highest BCUT2D eigenvalue weighted by Gasteiger charge is 2.25. The van der Waals surface area contributed by atoms with Crippen molar-refractivity contribution in [2.45, 2.75) is 69.5 Å². The van der Waals surface area contributed by atoms with Gasteiger partial charge in [-0.05, 0) is 68.1 Å². The number of carbonyl (C=O) groups excluding carboxylic acids is 1. The first-order valence-electron chi connectivity index (χ1n) is 10.3. The summed E-state index contributed by atoms with van der Waals surface area (Å²) in [5.74, 6) is 1.80. The molecule has 1 saturated carbocycles. The van der Waals surface area contributed by atoms with E-state index in [1.165, 1.54) is 49.7 Å². The van der Waals surface area contributed by atoms with E-state index in [-0.39, 0.29) is 5.78 Å². The van der Waals surface area contributed by atoms with Gasteiger partial charge in [-0.1, -0.05) is 84.2 Å². The third kappa shape index (κ3) is 5.10. The van der Waals surface area contributed by atoms with Crippen molar-refractivity contribution in [2.75, 3.05) is 0 Å². The van der Waals surface area contributed by atoms with Crippen molar-refractivity contribution in [1.29, 1.82) is 0 Å². The van der Waals surface area contributed by atoms with Crippen LogP contribution in [0.4, 0.5) is 0 Å². The molecule has 1 fully saturated rings. The van der Waals surface area contributed by atoms with Crippen molar-refractivity contribution < 1.29 is 4.79 Å². The molecule has 2 heteroatoms. The minimum Gasteiger partial charge on any atom is -0.293 e. The predicted octanol–water partition coefficient (Wildman–Crippen LogP) is 7.78. The van der Waals surface area contributed by atoms with Gasteiger partial charge in [-0.2, -0.15) is 0 Å². The van der Waals surface area contributed by atoms with Crippen LogP contribution in [0.15, 0.2) is 48.5 Å². The summed E-state index contributed by atoms with van der Waals surface area (Å²) in [6.45, 7) is 6.07. The molecule has 0 aliphatic heterocycles. The van der Waals surface area contributed by atoms with E-state index in [4.69, 9.17) is 0 Å². The Labute approximate surface area is 172 Å². The average molecular weight is 427 g/mol. The highest BCUT2D eigenvalue weighted by molar-refractivity contribution is 9.10. The minimum atomic E-state index is -0.522. The summed E-state index contributed by atoms with van der Waals surface area (Å²) in [4.78, 5) is 12.4. The number of benzene rings is 2. The van der Waals surface area contributed by atoms with Crippen molar-refractivity contribution in [3.8, 4) is 11.1 Å². The molecule has 144 valence electrons. The van der Waals surface area contributed by atoms with Crippen LogP contribution in [0.25, 0.3) is 11.1 Å². The van der Waals surface area contributed by atoms with E-state index in [1.54, 1.807) is 0 Å². The summed E-state index contributed by atoms with van der Waals surface area (Å²) in [5, 5.41) is 0. The van der Waals surface area contributed by atoms with Crippen LogP contribution < -0.4 is 0 Å². The molecule has 0 amide bonds. The van der Waals surface area contributed by atoms with Gasteiger partial charge in [0.15, 0.2) is 5.78 Å². The lowest BCUT2D eigenvalue weighted by molar-refractivity contribution is 0.0961. The van der Waals surface area contributed by atoms with Gasteiger partial charge < -0.3 is 0 Å². The first-order valence-corrected chi connectivity index (χ1v) is 11.1. The van der Waals surface area contributed by atoms with Crippen LogP contribution in [-0.2, 0) is 0 Å². The topological polar surface area (TPSA) is 17.1 Å². The van der Waals surface area contributed by atoms with E-state index < -0.39 is 4.32 Å². The normalized spacial score (nSPS) is 20.4. The van der Waals surface area contributed by atoms with Crippen LogP contribution in [0.5, 0.6) is 0 Å². The SMILES string of the molecule is CCCC1CCC(c2ccc(-c3ccc(C(=O)C(C)(C)Br)cc3)cc2)CC1. The molecule has 27 heavy (non-hydrogen) atoms. The molecule has 0 spiro atoms. The summed E-state index contributed by atoms with van der Waals surface area (Å²) in [7, 11) is 0. The molecule has 1 nitrogen and oxygen atoms in total. The number of Topliss-reactive ketones (excluding diaryl/α,β-unsaturated/α-hetero) is 1. The monoisotopic (exact) mass is 426 g/mol. The van der Waals surface area contributed by atoms with Crippen LogP contribution in [0.3, 0.4) is 0 Å². The Hall–Kier alpha value is -1.41. The number of ketones is 1. The van der Waals surface area contributed by atoms with Gasteiger partial charge >= 0.3 is 0 Å². The van der Waals surface area contributed by atoms with Gasteiger partial charge in [0.2, 0.25) is 0 Å². The first-order chi connectivity index (χ1) is 12.9. The zero-order valence-electron chi connectivity index (χ0n) is 16.8. The average Bonchev–Trinajstić information content (AvgIpc) is 2.68. The van der Waals surface area contributed by atoms with E-state index in [1.807, 2.05) is 26.0 Å². The maximum absolute atomic E-state index is 12.4. The molecule has 2 aromatic carbocycles. The molecule has 1 aliphatic carbocycles. The second-order valence-corrected chi connectivity index (χ2v) is 10.5. The maximum atomic E-state index is 12.4. The van der Waals surface area contributed by atoms with E-state index in [9.17, 15) is 4.79 Å². The van der Waals surface area contributed by atoms with Crippen molar-refractivity contribution >= 4 is 21.7 Å². The number of halogens is 1. The zero-order valence-corrected chi connectivity index (χ0v) is 18.4. The molecule has 2 aromatic rings. The van der Waals surface area contributed by atoms with Gasteiger partial charge in [-0.3, -0.25) is 4.79 Å². The lowest BCUT2D eigenvalue weighted by Gasteiger charge is -2.28. The van der Waals surface area contributed by atoms with Gasteiger partial charge in [-0.15, -0.1) is 0 Å². The Bertz CT molecular complexity index is 744. The second-order valence-electron chi connectivity index (χ2n) is 8.51. The Morgan fingerprint density at radius 1 is 0.926 bits per heavy atom. The number of alkyl halides is 1. The molecule has 0 aromatic heterocycles. The maximum Gasteiger partial charge on any atom is 0.178 e. The quantitative estimate of drug-likeness (QED) is 0.340. The smallest absolute Gasteiger partial charge is 0.178 e. The first kappa shape index (κ1) is 20.3. The third-order valence-corrected chi connectivity index (χ3v) is 6.31. The molecular formula is C25H31BrO. The number of carbonyl (C=O) groups is 1. The molecule has 0 radical (unpaired) electrons. The van der Waals surface area contributed by atoms with E-state index in [0.29, 0.717) is 0 Å². The summed E-state index contributed by atoms with van der Waals surface area (Å²) in [5.41, 5.74) is 4.62. The van der Waals surface area contributed by atoms with Crippen LogP contribution in [-0.4, -0.2) is 10.1 Å². The van der Waals surface area contributed by atoms with E-state index in [2.05, 4.69) is 59.3 Å². The molecular weight excluding hydrogens is 396 g/mol. The zero-order chi connectivity index (χ0) is 19.4. The van der Waals surface area contributed by atoms with Gasteiger partial charge in [0.25, 0.3) is 0 Å². The molecule has 1 aliphatic rings. The van der Waals surface area contributed by atoms with Crippen LogP contribution in [0.1, 0.15) is 81.1 Å². The van der Waals surface area contributed by atoms with E-state index >= 15 is 0 Å². The number of hydrogen-bond donors (Lipinski definition) is 0. The summed E-state index contributed by atoms with van der Waals surface area (Å²) in [6, 6.07) is 17.1. The molecule has 0 heterocycles. The Morgan fingerprint density at radius 3 is 1.93 bits per heavy atom. The van der Waals surface area contributed by atoms with Crippen molar-refractivity contribution in [2.24, 2.45) is 5.92 Å². The molecule has 0 unspecified atom stereocenters. The molecule has 0 atom stereocenters. The van der Waals surface area contributed by atoms with Crippen molar-refractivity contribution in [3.63, 3.8) is 0 Å². The summed E-state index contributed by atoms with van der Waals surface area (Å²) in [6.07, 6.45) is 8.17. The lowest BCUT2D eigenvalue weighted by atomic mass is 9.77. The Morgan fingerprint density at radius 2 is 1.44 bits per heavy atom. The van der Waals surface area contributed by atoms with Gasteiger partial charge in [-0.25, -0.2) is 0 Å².